The van der Waals surface area contributed by atoms with Gasteiger partial charge in [0.2, 0.25) is 0 Å². The molecule has 0 aliphatic carbocycles. The molecule has 1 rings (SSSR count). The molecule has 0 saturated heterocycles. The van der Waals surface area contributed by atoms with Gasteiger partial charge in [0.15, 0.2) is 0 Å². The van der Waals surface area contributed by atoms with Gasteiger partial charge in [-0.15, -0.1) is 6.42 Å². The first kappa shape index (κ1) is 14.4. The summed E-state index contributed by atoms with van der Waals surface area (Å²) in [4.78, 5) is 0. The van der Waals surface area contributed by atoms with E-state index < -0.39 is 19.1 Å². The van der Waals surface area contributed by atoms with Gasteiger partial charge in [-0.2, -0.15) is 0 Å². The van der Waals surface area contributed by atoms with Gasteiger partial charge in [-0.05, 0) is 6.07 Å². The lowest BCUT2D eigenvalue weighted by atomic mass is 10.2. The summed E-state index contributed by atoms with van der Waals surface area (Å²) in [5, 5.41) is 11.0. The second-order valence-corrected chi connectivity index (χ2v) is 3.72. The van der Waals surface area contributed by atoms with Gasteiger partial charge in [-0.3, -0.25) is 0 Å². The molecule has 0 aliphatic heterocycles. The summed E-state index contributed by atoms with van der Waals surface area (Å²) in [6, 6.07) is 7.04. The molecule has 0 spiro atoms. The Bertz CT molecular complexity index is 416. The van der Waals surface area contributed by atoms with Crippen LogP contribution in [0.2, 0.25) is 0 Å². The third-order valence-electron chi connectivity index (χ3n) is 2.21. The molecule has 0 radical (unpaired) electrons. The van der Waals surface area contributed by atoms with Crippen LogP contribution in [0, 0.1) is 12.3 Å². The fraction of sp³-hybridized carbons (Fsp3) is 0.385. The smallest absolute Gasteiger partial charge is 0.282 e. The number of nitrogens with one attached hydrogen (secondary N) is 1. The van der Waals surface area contributed by atoms with Gasteiger partial charge in [0.05, 0.1) is 6.54 Å². The number of terminal acetylenes is 1. The molecule has 0 saturated carbocycles. The number of halogens is 2. The molecule has 1 aromatic rings. The molecular weight excluding hydrogens is 240 g/mol. The average molecular weight is 255 g/mol. The van der Waals surface area contributed by atoms with E-state index in [-0.39, 0.29) is 13.2 Å². The summed E-state index contributed by atoms with van der Waals surface area (Å²) in [6.07, 6.45) is 5.08. The maximum Gasteiger partial charge on any atom is 0.282 e. The van der Waals surface area contributed by atoms with Crippen LogP contribution in [-0.2, 0) is 6.54 Å². The summed E-state index contributed by atoms with van der Waals surface area (Å²) < 4.78 is 30.9. The van der Waals surface area contributed by atoms with Gasteiger partial charge >= 0.3 is 0 Å². The number of hydrogen-bond acceptors (Lipinski definition) is 3. The van der Waals surface area contributed by atoms with Crippen molar-refractivity contribution in [2.75, 3.05) is 19.8 Å². The fourth-order valence-electron chi connectivity index (χ4n) is 1.35. The lowest BCUT2D eigenvalue weighted by molar-refractivity contribution is -0.0478. The number of aliphatic hydroxyl groups excluding tert-OH is 1. The Morgan fingerprint density at radius 2 is 2.11 bits per heavy atom. The van der Waals surface area contributed by atoms with Crippen LogP contribution in [-0.4, -0.2) is 30.8 Å². The molecule has 0 amide bonds. The Morgan fingerprint density at radius 3 is 2.78 bits per heavy atom. The zero-order valence-electron chi connectivity index (χ0n) is 9.83. The molecule has 98 valence electrons. The van der Waals surface area contributed by atoms with Gasteiger partial charge in [-0.1, -0.05) is 24.1 Å². The predicted molar refractivity (Wildman–Crippen MR) is 64.5 cm³/mol. The second kappa shape index (κ2) is 6.94. The molecule has 0 atom stereocenters. The van der Waals surface area contributed by atoms with Crippen LogP contribution in [0.5, 0.6) is 5.75 Å². The van der Waals surface area contributed by atoms with Crippen molar-refractivity contribution in [3.63, 3.8) is 0 Å². The van der Waals surface area contributed by atoms with E-state index in [4.69, 9.17) is 16.3 Å². The Morgan fingerprint density at radius 1 is 1.39 bits per heavy atom. The number of ether oxygens (including phenoxy) is 1. The molecule has 2 N–H and O–H groups in total. The molecule has 1 aromatic carbocycles. The van der Waals surface area contributed by atoms with Gasteiger partial charge in [0, 0.05) is 12.1 Å². The number of alkyl halides is 2. The Labute approximate surface area is 105 Å². The van der Waals surface area contributed by atoms with E-state index in [1.165, 1.54) is 0 Å². The van der Waals surface area contributed by atoms with E-state index in [1.54, 1.807) is 24.3 Å². The maximum atomic E-state index is 12.8. The first-order valence-corrected chi connectivity index (χ1v) is 5.42. The van der Waals surface area contributed by atoms with E-state index in [1.807, 2.05) is 0 Å². The quantitative estimate of drug-likeness (QED) is 0.724. The molecule has 0 aliphatic rings. The highest BCUT2D eigenvalue weighted by molar-refractivity contribution is 5.33. The monoisotopic (exact) mass is 255 g/mol. The number of hydrogen-bond donors (Lipinski definition) is 2. The molecule has 18 heavy (non-hydrogen) atoms. The molecule has 0 heterocycles. The minimum absolute atomic E-state index is 0.129. The fourth-order valence-corrected chi connectivity index (χ4v) is 1.35. The largest absolute Gasteiger partial charge is 0.481 e. The van der Waals surface area contributed by atoms with Gasteiger partial charge < -0.3 is 15.2 Å². The highest BCUT2D eigenvalue weighted by atomic mass is 19.3. The third-order valence-corrected chi connectivity index (χ3v) is 2.21. The molecule has 0 unspecified atom stereocenters. The van der Waals surface area contributed by atoms with Crippen molar-refractivity contribution in [3.8, 4) is 18.1 Å². The van der Waals surface area contributed by atoms with Crippen molar-refractivity contribution in [1.29, 1.82) is 0 Å². The van der Waals surface area contributed by atoms with E-state index in [0.717, 1.165) is 5.56 Å². The van der Waals surface area contributed by atoms with Gasteiger partial charge in [-0.25, -0.2) is 8.78 Å². The minimum Gasteiger partial charge on any atom is -0.481 e. The number of benzene rings is 1. The van der Waals surface area contributed by atoms with E-state index in [0.29, 0.717) is 5.75 Å². The summed E-state index contributed by atoms with van der Waals surface area (Å²) in [7, 11) is 0. The molecule has 0 bridgehead atoms. The third kappa shape index (κ3) is 4.70. The molecule has 0 fully saturated rings. The molecule has 0 aromatic heterocycles. The van der Waals surface area contributed by atoms with E-state index >= 15 is 0 Å². The summed E-state index contributed by atoms with van der Waals surface area (Å²) in [5.74, 6) is -0.214. The van der Waals surface area contributed by atoms with Crippen molar-refractivity contribution >= 4 is 0 Å². The SMILES string of the molecule is C#CCOc1ccccc1CNCC(F)(F)CO. The van der Waals surface area contributed by atoms with Crippen LogP contribution in [0.25, 0.3) is 0 Å². The maximum absolute atomic E-state index is 12.8. The zero-order chi connectivity index (χ0) is 13.4. The van der Waals surface area contributed by atoms with Crippen LogP contribution in [0.1, 0.15) is 5.56 Å². The molecule has 3 nitrogen and oxygen atoms in total. The Hall–Kier alpha value is -1.64. The van der Waals surface area contributed by atoms with Crippen LogP contribution in [0.15, 0.2) is 24.3 Å². The van der Waals surface area contributed by atoms with Gasteiger partial charge in [0.1, 0.15) is 19.0 Å². The molecular formula is C13H15F2NO2. The normalized spacial score (nSPS) is 11.0. The van der Waals surface area contributed by atoms with Crippen molar-refractivity contribution in [2.24, 2.45) is 0 Å². The van der Waals surface area contributed by atoms with Crippen molar-refractivity contribution in [2.45, 2.75) is 12.5 Å². The highest BCUT2D eigenvalue weighted by Gasteiger charge is 2.26. The first-order chi connectivity index (χ1) is 8.59. The van der Waals surface area contributed by atoms with Crippen molar-refractivity contribution in [3.05, 3.63) is 29.8 Å². The lowest BCUT2D eigenvalue weighted by Gasteiger charge is -2.15. The van der Waals surface area contributed by atoms with E-state index in [2.05, 4.69) is 11.2 Å². The first-order valence-electron chi connectivity index (χ1n) is 5.42. The van der Waals surface area contributed by atoms with Gasteiger partial charge in [0.25, 0.3) is 5.92 Å². The summed E-state index contributed by atoms with van der Waals surface area (Å²) in [6.45, 7) is -1.41. The zero-order valence-corrected chi connectivity index (χ0v) is 9.83. The van der Waals surface area contributed by atoms with Crippen molar-refractivity contribution < 1.29 is 18.6 Å². The summed E-state index contributed by atoms with van der Waals surface area (Å²) in [5.41, 5.74) is 0.737. The van der Waals surface area contributed by atoms with Crippen LogP contribution < -0.4 is 10.1 Å². The standard InChI is InChI=1S/C13H15F2NO2/c1-2-7-18-12-6-4-3-5-11(12)8-16-9-13(14,15)10-17/h1,3-6,16-17H,7-10H2. The van der Waals surface area contributed by atoms with Crippen LogP contribution >= 0.6 is 0 Å². The van der Waals surface area contributed by atoms with Crippen molar-refractivity contribution in [1.82, 2.24) is 5.32 Å². The average Bonchev–Trinajstić information content (AvgIpc) is 2.37. The highest BCUT2D eigenvalue weighted by Crippen LogP contribution is 2.18. The van der Waals surface area contributed by atoms with Crippen LogP contribution in [0.3, 0.4) is 0 Å². The summed E-state index contributed by atoms with van der Waals surface area (Å²) >= 11 is 0. The predicted octanol–water partition coefficient (Wildman–Crippen LogP) is 1.42. The Balaban J connectivity index is 2.54. The number of rotatable bonds is 7. The topological polar surface area (TPSA) is 41.5 Å². The van der Waals surface area contributed by atoms with E-state index in [9.17, 15) is 8.78 Å². The number of para-hydroxylation sites is 1. The minimum atomic E-state index is -3.12. The van der Waals surface area contributed by atoms with Crippen LogP contribution in [0.4, 0.5) is 8.78 Å². The Kier molecular flexibility index (Phi) is 5.56. The second-order valence-electron chi connectivity index (χ2n) is 3.72. The molecule has 5 heteroatoms. The lowest BCUT2D eigenvalue weighted by Crippen LogP contribution is -2.35. The number of aliphatic hydroxyl groups is 1.